The van der Waals surface area contributed by atoms with Crippen molar-refractivity contribution in [2.24, 2.45) is 5.92 Å². The predicted octanol–water partition coefficient (Wildman–Crippen LogP) is 3.74. The first kappa shape index (κ1) is 13.0. The van der Waals surface area contributed by atoms with Gasteiger partial charge in [0.15, 0.2) is 0 Å². The number of halogens is 3. The third-order valence-electron chi connectivity index (χ3n) is 4.51. The van der Waals surface area contributed by atoms with Gasteiger partial charge < -0.3 is 5.32 Å². The average molecular weight is 269 g/mol. The van der Waals surface area contributed by atoms with Gasteiger partial charge in [0.1, 0.15) is 0 Å². The van der Waals surface area contributed by atoms with Gasteiger partial charge in [-0.3, -0.25) is 0 Å². The number of hydrogen-bond acceptors (Lipinski definition) is 1. The molecule has 104 valence electrons. The van der Waals surface area contributed by atoms with Gasteiger partial charge in [0.25, 0.3) is 0 Å². The van der Waals surface area contributed by atoms with E-state index in [2.05, 4.69) is 12.2 Å². The number of benzene rings is 1. The zero-order chi connectivity index (χ0) is 13.7. The van der Waals surface area contributed by atoms with Crippen LogP contribution < -0.4 is 5.32 Å². The highest BCUT2D eigenvalue weighted by atomic mass is 19.4. The Morgan fingerprint density at radius 3 is 2.37 bits per heavy atom. The summed E-state index contributed by atoms with van der Waals surface area (Å²) in [5.74, 6) is 0.560. The molecule has 0 saturated heterocycles. The Morgan fingerprint density at radius 2 is 1.84 bits per heavy atom. The molecule has 1 aromatic carbocycles. The van der Waals surface area contributed by atoms with Crippen molar-refractivity contribution >= 4 is 0 Å². The molecule has 2 atom stereocenters. The standard InChI is InChI=1S/C15H18F3N/c1-14(8-12(14)9-19-13-6-7-13)10-2-4-11(5-3-10)15(16,17)18/h2-5,12-13,19H,6-9H2,1H3. The molecule has 2 fully saturated rings. The van der Waals surface area contributed by atoms with Gasteiger partial charge in [0, 0.05) is 6.04 Å². The van der Waals surface area contributed by atoms with Gasteiger partial charge in [-0.2, -0.15) is 13.2 Å². The van der Waals surface area contributed by atoms with Crippen molar-refractivity contribution in [3.63, 3.8) is 0 Å². The maximum Gasteiger partial charge on any atom is 0.416 e. The third-order valence-corrected chi connectivity index (χ3v) is 4.51. The molecule has 0 aliphatic heterocycles. The molecule has 4 heteroatoms. The lowest BCUT2D eigenvalue weighted by atomic mass is 9.94. The van der Waals surface area contributed by atoms with Crippen LogP contribution in [0.2, 0.25) is 0 Å². The highest BCUT2D eigenvalue weighted by Gasteiger charge is 2.51. The Balaban J connectivity index is 1.65. The molecule has 1 nitrogen and oxygen atoms in total. The van der Waals surface area contributed by atoms with E-state index in [-0.39, 0.29) is 5.41 Å². The molecule has 3 rings (SSSR count). The van der Waals surface area contributed by atoms with Crippen LogP contribution in [0.4, 0.5) is 13.2 Å². The molecule has 0 bridgehead atoms. The molecule has 2 unspecified atom stereocenters. The van der Waals surface area contributed by atoms with Crippen molar-refractivity contribution in [2.75, 3.05) is 6.54 Å². The van der Waals surface area contributed by atoms with Crippen molar-refractivity contribution in [1.82, 2.24) is 5.32 Å². The minimum Gasteiger partial charge on any atom is -0.314 e. The van der Waals surface area contributed by atoms with E-state index < -0.39 is 11.7 Å². The van der Waals surface area contributed by atoms with Crippen molar-refractivity contribution in [3.8, 4) is 0 Å². The molecule has 2 saturated carbocycles. The maximum absolute atomic E-state index is 12.5. The SMILES string of the molecule is CC1(c2ccc(C(F)(F)F)cc2)CC1CNC1CC1. The molecule has 0 amide bonds. The van der Waals surface area contributed by atoms with Gasteiger partial charge in [0.05, 0.1) is 5.56 Å². The summed E-state index contributed by atoms with van der Waals surface area (Å²) in [4.78, 5) is 0. The number of alkyl halides is 3. The van der Waals surface area contributed by atoms with Crippen LogP contribution in [0.15, 0.2) is 24.3 Å². The second-order valence-electron chi connectivity index (χ2n) is 6.08. The van der Waals surface area contributed by atoms with E-state index in [0.29, 0.717) is 12.0 Å². The molecule has 2 aliphatic rings. The Morgan fingerprint density at radius 1 is 1.21 bits per heavy atom. The number of rotatable bonds is 4. The third kappa shape index (κ3) is 2.64. The van der Waals surface area contributed by atoms with Gasteiger partial charge in [-0.1, -0.05) is 19.1 Å². The zero-order valence-electron chi connectivity index (χ0n) is 10.9. The van der Waals surface area contributed by atoms with Crippen LogP contribution in [0, 0.1) is 5.92 Å². The fourth-order valence-electron chi connectivity index (χ4n) is 2.74. The highest BCUT2D eigenvalue weighted by molar-refractivity contribution is 5.35. The van der Waals surface area contributed by atoms with Gasteiger partial charge >= 0.3 is 6.18 Å². The van der Waals surface area contributed by atoms with Crippen molar-refractivity contribution < 1.29 is 13.2 Å². The number of nitrogens with one attached hydrogen (secondary N) is 1. The molecular formula is C15H18F3N. The Kier molecular flexibility index (Phi) is 2.89. The second-order valence-corrected chi connectivity index (χ2v) is 6.08. The monoisotopic (exact) mass is 269 g/mol. The van der Waals surface area contributed by atoms with Crippen molar-refractivity contribution in [3.05, 3.63) is 35.4 Å². The zero-order valence-corrected chi connectivity index (χ0v) is 10.9. The Hall–Kier alpha value is -1.03. The summed E-state index contributed by atoms with van der Waals surface area (Å²) in [5, 5.41) is 3.50. The first-order chi connectivity index (χ1) is 8.89. The van der Waals surface area contributed by atoms with Crippen molar-refractivity contribution in [1.29, 1.82) is 0 Å². The minimum atomic E-state index is -4.24. The fourth-order valence-corrected chi connectivity index (χ4v) is 2.74. The lowest BCUT2D eigenvalue weighted by molar-refractivity contribution is -0.137. The van der Waals surface area contributed by atoms with Crippen LogP contribution >= 0.6 is 0 Å². The van der Waals surface area contributed by atoms with Crippen LogP contribution in [0.3, 0.4) is 0 Å². The van der Waals surface area contributed by atoms with E-state index in [0.717, 1.165) is 18.5 Å². The smallest absolute Gasteiger partial charge is 0.314 e. The summed E-state index contributed by atoms with van der Waals surface area (Å²) < 4.78 is 37.5. The molecule has 1 aromatic rings. The van der Waals surface area contributed by atoms with E-state index >= 15 is 0 Å². The van der Waals surface area contributed by atoms with E-state index in [1.165, 1.54) is 25.0 Å². The molecule has 0 heterocycles. The maximum atomic E-state index is 12.5. The van der Waals surface area contributed by atoms with E-state index in [4.69, 9.17) is 0 Å². The van der Waals surface area contributed by atoms with Crippen LogP contribution in [0.5, 0.6) is 0 Å². The predicted molar refractivity (Wildman–Crippen MR) is 67.9 cm³/mol. The largest absolute Gasteiger partial charge is 0.416 e. The summed E-state index contributed by atoms with van der Waals surface area (Å²) in [6.45, 7) is 3.14. The van der Waals surface area contributed by atoms with E-state index in [1.807, 2.05) is 0 Å². The van der Waals surface area contributed by atoms with E-state index in [9.17, 15) is 13.2 Å². The molecule has 2 aliphatic carbocycles. The lowest BCUT2D eigenvalue weighted by Crippen LogP contribution is -2.22. The minimum absolute atomic E-state index is 0.0615. The van der Waals surface area contributed by atoms with Gasteiger partial charge in [-0.15, -0.1) is 0 Å². The average Bonchev–Trinajstić information content (AvgIpc) is 3.23. The van der Waals surface area contributed by atoms with E-state index in [1.54, 1.807) is 12.1 Å². The lowest BCUT2D eigenvalue weighted by Gasteiger charge is -2.14. The molecule has 0 aromatic heterocycles. The van der Waals surface area contributed by atoms with Crippen LogP contribution in [0.25, 0.3) is 0 Å². The summed E-state index contributed by atoms with van der Waals surface area (Å²) in [6, 6.07) is 6.37. The molecule has 0 spiro atoms. The fraction of sp³-hybridized carbons (Fsp3) is 0.600. The molecule has 19 heavy (non-hydrogen) atoms. The van der Waals surface area contributed by atoms with Crippen LogP contribution in [-0.2, 0) is 11.6 Å². The van der Waals surface area contributed by atoms with Crippen molar-refractivity contribution in [2.45, 2.75) is 43.8 Å². The molecule has 0 radical (unpaired) electrons. The van der Waals surface area contributed by atoms with Gasteiger partial charge in [-0.25, -0.2) is 0 Å². The van der Waals surface area contributed by atoms with Crippen LogP contribution in [-0.4, -0.2) is 12.6 Å². The number of hydrogen-bond donors (Lipinski definition) is 1. The van der Waals surface area contributed by atoms with Crippen LogP contribution in [0.1, 0.15) is 37.3 Å². The second kappa shape index (κ2) is 4.23. The first-order valence-electron chi connectivity index (χ1n) is 6.81. The summed E-state index contributed by atoms with van der Waals surface area (Å²) >= 11 is 0. The first-order valence-corrected chi connectivity index (χ1v) is 6.81. The summed E-state index contributed by atoms with van der Waals surface area (Å²) in [6.07, 6.45) is -0.637. The van der Waals surface area contributed by atoms with Gasteiger partial charge in [0.2, 0.25) is 0 Å². The quantitative estimate of drug-likeness (QED) is 0.878. The highest BCUT2D eigenvalue weighted by Crippen LogP contribution is 2.54. The molecule has 1 N–H and O–H groups in total. The van der Waals surface area contributed by atoms with Gasteiger partial charge in [-0.05, 0) is 54.8 Å². The Labute approximate surface area is 111 Å². The normalized spacial score (nSPS) is 30.4. The Bertz CT molecular complexity index is 461. The topological polar surface area (TPSA) is 12.0 Å². The summed E-state index contributed by atoms with van der Waals surface area (Å²) in [7, 11) is 0. The molecular weight excluding hydrogens is 251 g/mol. The summed E-state index contributed by atoms with van der Waals surface area (Å²) in [5.41, 5.74) is 0.530.